The van der Waals surface area contributed by atoms with Crippen LogP contribution in [-0.2, 0) is 33.3 Å². The van der Waals surface area contributed by atoms with E-state index in [2.05, 4.69) is 172 Å². The maximum Gasteiger partial charge on any atom is 0.306 e. The van der Waals surface area contributed by atoms with Crippen LogP contribution in [0.2, 0.25) is 0 Å². The summed E-state index contributed by atoms with van der Waals surface area (Å²) in [6.07, 6.45) is 122. The van der Waals surface area contributed by atoms with E-state index in [0.717, 1.165) is 122 Å². The second-order valence-corrected chi connectivity index (χ2v) is 30.1. The van der Waals surface area contributed by atoms with E-state index in [4.69, 9.17) is 18.9 Å². The lowest BCUT2D eigenvalue weighted by Gasteiger charge is -2.26. The van der Waals surface area contributed by atoms with Gasteiger partial charge in [0.2, 0.25) is 0 Å². The quantitative estimate of drug-likeness (QED) is 0.0195. The number of carbonyl (C=O) groups is 3. The predicted molar refractivity (Wildman–Crippen MR) is 453 cm³/mol. The highest BCUT2D eigenvalue weighted by Crippen LogP contribution is 2.19. The van der Waals surface area contributed by atoms with Gasteiger partial charge in [-0.2, -0.15) is 0 Å². The lowest BCUT2D eigenvalue weighted by Crippen LogP contribution is -2.44. The van der Waals surface area contributed by atoms with Gasteiger partial charge in [-0.05, 0) is 122 Å². The summed E-state index contributed by atoms with van der Waals surface area (Å²) in [6, 6.07) is 0. The number of carboxylic acid groups (broad SMARTS) is 1. The first kappa shape index (κ1) is 99.9. The summed E-state index contributed by atoms with van der Waals surface area (Å²) in [6.45, 7) is 4.55. The normalized spacial score (nSPS) is 13.4. The van der Waals surface area contributed by atoms with Crippen molar-refractivity contribution < 1.29 is 42.9 Å². The van der Waals surface area contributed by atoms with Crippen molar-refractivity contribution in [2.24, 2.45) is 0 Å². The predicted octanol–water partition coefficient (Wildman–Crippen LogP) is 27.4. The minimum Gasteiger partial charge on any atom is -0.545 e. The van der Waals surface area contributed by atoms with Crippen molar-refractivity contribution in [1.82, 2.24) is 0 Å². The van der Waals surface area contributed by atoms with Crippen LogP contribution in [0.4, 0.5) is 0 Å². The molecule has 2 unspecified atom stereocenters. The van der Waals surface area contributed by atoms with E-state index in [1.54, 1.807) is 0 Å². The lowest BCUT2D eigenvalue weighted by atomic mass is 10.0. The number of unbranched alkanes of at least 4 members (excludes halogenated alkanes) is 39. The molecule has 0 N–H and O–H groups in total. The van der Waals surface area contributed by atoms with E-state index < -0.39 is 24.3 Å². The third-order valence-corrected chi connectivity index (χ3v) is 18.8. The first-order chi connectivity index (χ1) is 51.6. The van der Waals surface area contributed by atoms with Crippen LogP contribution < -0.4 is 5.11 Å². The van der Waals surface area contributed by atoms with Crippen LogP contribution in [0.1, 0.15) is 373 Å². The van der Waals surface area contributed by atoms with Gasteiger partial charge in [-0.15, -0.1) is 0 Å². The highest BCUT2D eigenvalue weighted by atomic mass is 16.7. The first-order valence-electron chi connectivity index (χ1n) is 43.6. The smallest absolute Gasteiger partial charge is 0.306 e. The van der Waals surface area contributed by atoms with Crippen LogP contribution in [-0.4, -0.2) is 82.3 Å². The molecular weight excluding hydrogens is 1300 g/mol. The summed E-state index contributed by atoms with van der Waals surface area (Å²) >= 11 is 0. The molecule has 0 aromatic heterocycles. The Labute approximate surface area is 648 Å². The molecule has 2 atom stereocenters. The minimum atomic E-state index is -1.63. The van der Waals surface area contributed by atoms with Gasteiger partial charge < -0.3 is 33.3 Å². The second kappa shape index (κ2) is 84.5. The van der Waals surface area contributed by atoms with E-state index in [0.29, 0.717) is 23.9 Å². The Morgan fingerprint density at radius 1 is 0.286 bits per heavy atom. The Morgan fingerprint density at radius 2 is 0.514 bits per heavy atom. The molecule has 0 bridgehead atoms. The third-order valence-electron chi connectivity index (χ3n) is 18.8. The van der Waals surface area contributed by atoms with E-state index in [9.17, 15) is 19.5 Å². The molecule has 9 heteroatoms. The van der Waals surface area contributed by atoms with Crippen molar-refractivity contribution in [3.63, 3.8) is 0 Å². The van der Waals surface area contributed by atoms with Gasteiger partial charge in [0.15, 0.2) is 12.4 Å². The number of carbonyl (C=O) groups excluding carboxylic acids is 3. The molecule has 0 aliphatic heterocycles. The summed E-state index contributed by atoms with van der Waals surface area (Å²) < 4.78 is 22.9. The summed E-state index contributed by atoms with van der Waals surface area (Å²) in [4.78, 5) is 37.7. The second-order valence-electron chi connectivity index (χ2n) is 30.1. The topological polar surface area (TPSA) is 111 Å². The Hall–Kier alpha value is -5.09. The maximum absolute atomic E-state index is 13.0. The molecule has 0 rings (SSSR count). The molecule has 0 spiro atoms. The standard InChI is InChI=1S/C96H163NO8/c1-6-8-10-12-14-16-18-20-22-24-26-28-30-32-34-36-38-40-42-44-46-47-49-50-52-54-56-58-60-62-64-66-68-70-72-74-76-78-80-82-84-86-93(98)103-90-92(91-104-96(95(100)101)102-89-88-97(3,4)5)105-94(99)87-85-83-81-79-77-75-73-71-69-67-65-63-61-59-57-55-53-51-48-45-43-41-39-37-35-33-31-29-27-25-23-21-19-17-15-13-11-9-7-2/h8-11,14-17,20-23,26-29,32-35,39,41,45,48,53,55,92,96H,6-7,12-13,18-19,24-25,30-31,36-38,40,42-44,46-47,49-52,54,56-91H2,1-5H3/b10-8-,11-9-,16-14-,17-15-,22-20-,23-21-,28-26-,29-27-,34-32-,35-33-,41-39-,48-45-,55-53-. The number of aliphatic carboxylic acids is 1. The van der Waals surface area contributed by atoms with Gasteiger partial charge in [-0.25, -0.2) is 0 Å². The zero-order valence-electron chi connectivity index (χ0n) is 68.8. The van der Waals surface area contributed by atoms with Crippen molar-refractivity contribution in [1.29, 1.82) is 0 Å². The summed E-state index contributed by atoms with van der Waals surface area (Å²) in [5, 5.41) is 11.9. The maximum atomic E-state index is 13.0. The number of hydrogen-bond acceptors (Lipinski definition) is 8. The Bertz CT molecular complexity index is 2300. The van der Waals surface area contributed by atoms with E-state index >= 15 is 0 Å². The van der Waals surface area contributed by atoms with Crippen LogP contribution in [0.5, 0.6) is 0 Å². The number of rotatable bonds is 80. The van der Waals surface area contributed by atoms with Crippen LogP contribution in [0.25, 0.3) is 0 Å². The number of ether oxygens (including phenoxy) is 4. The SMILES string of the molecule is CC/C=C\C/C=C\C/C=C\C/C=C\C/C=C\C/C=C\C/C=C\C/C=C\CCCCCCCCCCCCCCCCC(=O)OC(COC(=O)CCCCCCCCCCCCCCCCCCCCCCCCCCC/C=C\C/C=C\C/C=C\C/C=C\C/C=C\CC)COC(OCC[N+](C)(C)C)C(=O)[O-]. The Morgan fingerprint density at radius 3 is 0.762 bits per heavy atom. The molecule has 9 nitrogen and oxygen atoms in total. The summed E-state index contributed by atoms with van der Waals surface area (Å²) in [5.74, 6) is -2.27. The van der Waals surface area contributed by atoms with Crippen LogP contribution in [0, 0.1) is 0 Å². The largest absolute Gasteiger partial charge is 0.545 e. The number of allylic oxidation sites excluding steroid dienone is 26. The number of likely N-dealkylation sites (N-methyl/N-ethyl adjacent to an activating group) is 1. The molecule has 0 fully saturated rings. The molecule has 0 heterocycles. The molecule has 105 heavy (non-hydrogen) atoms. The monoisotopic (exact) mass is 1460 g/mol. The molecule has 0 aromatic carbocycles. The van der Waals surface area contributed by atoms with Crippen LogP contribution in [0.15, 0.2) is 158 Å². The molecule has 0 aliphatic carbocycles. The molecule has 0 saturated heterocycles. The summed E-state index contributed by atoms with van der Waals surface area (Å²) in [7, 11) is 5.94. The van der Waals surface area contributed by atoms with E-state index in [1.165, 1.54) is 218 Å². The highest BCUT2D eigenvalue weighted by Gasteiger charge is 2.22. The average molecular weight is 1460 g/mol. The van der Waals surface area contributed by atoms with Crippen LogP contribution in [0.3, 0.4) is 0 Å². The number of quaternary nitrogens is 1. The van der Waals surface area contributed by atoms with E-state index in [-0.39, 0.29) is 32.2 Å². The van der Waals surface area contributed by atoms with Gasteiger partial charge in [0, 0.05) is 12.8 Å². The van der Waals surface area contributed by atoms with Crippen molar-refractivity contribution in [3.8, 4) is 0 Å². The van der Waals surface area contributed by atoms with Gasteiger partial charge in [0.25, 0.3) is 0 Å². The fourth-order valence-corrected chi connectivity index (χ4v) is 12.2. The van der Waals surface area contributed by atoms with Crippen molar-refractivity contribution in [2.75, 3.05) is 47.5 Å². The van der Waals surface area contributed by atoms with Crippen LogP contribution >= 0.6 is 0 Å². The molecular formula is C96H163NO8. The highest BCUT2D eigenvalue weighted by molar-refractivity contribution is 5.70. The number of esters is 2. The van der Waals surface area contributed by atoms with Gasteiger partial charge in [-0.1, -0.05) is 397 Å². The third kappa shape index (κ3) is 86.0. The van der Waals surface area contributed by atoms with Gasteiger partial charge in [0.1, 0.15) is 13.2 Å². The number of hydrogen-bond donors (Lipinski definition) is 0. The molecule has 0 aliphatic rings. The van der Waals surface area contributed by atoms with Gasteiger partial charge >= 0.3 is 11.9 Å². The fraction of sp³-hybridized carbons (Fsp3) is 0.698. The number of carboxylic acids is 1. The fourth-order valence-electron chi connectivity index (χ4n) is 12.2. The summed E-state index contributed by atoms with van der Waals surface area (Å²) in [5.41, 5.74) is 0. The average Bonchev–Trinajstić information content (AvgIpc) is 1.97. The number of nitrogens with zero attached hydrogens (tertiary/aromatic N) is 1. The zero-order chi connectivity index (χ0) is 76.0. The Kier molecular flexibility index (Phi) is 80.4. The minimum absolute atomic E-state index is 0.144. The van der Waals surface area contributed by atoms with Crippen molar-refractivity contribution >= 4 is 17.9 Å². The molecule has 0 saturated carbocycles. The van der Waals surface area contributed by atoms with E-state index in [1.807, 2.05) is 21.1 Å². The van der Waals surface area contributed by atoms with Crippen molar-refractivity contribution in [3.05, 3.63) is 158 Å². The zero-order valence-corrected chi connectivity index (χ0v) is 68.8. The lowest BCUT2D eigenvalue weighted by molar-refractivity contribution is -0.870. The van der Waals surface area contributed by atoms with Gasteiger partial charge in [-0.3, -0.25) is 9.59 Å². The molecule has 0 amide bonds. The van der Waals surface area contributed by atoms with Gasteiger partial charge in [0.05, 0.1) is 40.3 Å². The first-order valence-corrected chi connectivity index (χ1v) is 43.6. The molecule has 600 valence electrons. The Balaban J connectivity index is 3.98. The van der Waals surface area contributed by atoms with Crippen molar-refractivity contribution in [2.45, 2.75) is 386 Å². The molecule has 0 aromatic rings. The molecule has 0 radical (unpaired) electrons.